The number of carbonyl (C=O) groups excluding carboxylic acids is 1. The van der Waals surface area contributed by atoms with E-state index in [1.165, 1.54) is 19.3 Å². The Morgan fingerprint density at radius 1 is 1.47 bits per heavy atom. The summed E-state index contributed by atoms with van der Waals surface area (Å²) in [6.45, 7) is 0.195. The van der Waals surface area contributed by atoms with Crippen LogP contribution in [-0.4, -0.2) is 26.6 Å². The Kier molecular flexibility index (Phi) is 4.14. The molecule has 0 radical (unpaired) electrons. The Hall–Kier alpha value is -1.36. The highest BCUT2D eigenvalue weighted by Crippen LogP contribution is 2.17. The maximum atomic E-state index is 11.8. The number of amides is 1. The summed E-state index contributed by atoms with van der Waals surface area (Å²) >= 11 is 0. The fourth-order valence-electron chi connectivity index (χ4n) is 2.26. The van der Waals surface area contributed by atoms with Gasteiger partial charge in [0.15, 0.2) is 0 Å². The largest absolute Gasteiger partial charge is 0.390 e. The van der Waals surface area contributed by atoms with Crippen molar-refractivity contribution in [1.82, 2.24) is 14.9 Å². The van der Waals surface area contributed by atoms with Crippen LogP contribution in [-0.2, 0) is 17.9 Å². The maximum Gasteiger partial charge on any atom is 0.240 e. The molecule has 2 rings (SSSR count). The normalized spacial score (nSPS) is 17.0. The molecule has 2 N–H and O–H groups in total. The van der Waals surface area contributed by atoms with E-state index in [2.05, 4.69) is 10.3 Å². The van der Waals surface area contributed by atoms with Crippen molar-refractivity contribution in [3.05, 3.63) is 18.2 Å². The average Bonchev–Trinajstić information content (AvgIpc) is 2.78. The third kappa shape index (κ3) is 3.56. The summed E-state index contributed by atoms with van der Waals surface area (Å²) in [4.78, 5) is 15.7. The van der Waals surface area contributed by atoms with Gasteiger partial charge in [-0.25, -0.2) is 4.98 Å². The highest BCUT2D eigenvalue weighted by atomic mass is 16.3. The van der Waals surface area contributed by atoms with Gasteiger partial charge in [0.2, 0.25) is 5.91 Å². The summed E-state index contributed by atoms with van der Waals surface area (Å²) in [7, 11) is 0. The third-order valence-electron chi connectivity index (χ3n) is 3.15. The zero-order valence-corrected chi connectivity index (χ0v) is 9.93. The van der Waals surface area contributed by atoms with Gasteiger partial charge in [-0.1, -0.05) is 19.3 Å². The van der Waals surface area contributed by atoms with E-state index in [1.54, 1.807) is 17.1 Å². The molecule has 1 aliphatic rings. The van der Waals surface area contributed by atoms with Crippen LogP contribution in [0.5, 0.6) is 0 Å². The minimum Gasteiger partial charge on any atom is -0.390 e. The van der Waals surface area contributed by atoms with Gasteiger partial charge in [0, 0.05) is 12.2 Å². The second kappa shape index (κ2) is 5.82. The number of aromatic nitrogens is 2. The molecule has 1 aromatic heterocycles. The number of aliphatic hydroxyl groups excluding tert-OH is 1. The summed E-state index contributed by atoms with van der Waals surface area (Å²) in [5, 5.41) is 11.9. The van der Waals surface area contributed by atoms with Crippen molar-refractivity contribution in [2.75, 3.05) is 0 Å². The Balaban J connectivity index is 1.79. The van der Waals surface area contributed by atoms with Crippen molar-refractivity contribution in [1.29, 1.82) is 0 Å². The van der Waals surface area contributed by atoms with Crippen LogP contribution < -0.4 is 5.32 Å². The first-order valence-electron chi connectivity index (χ1n) is 6.19. The molecule has 1 heterocycles. The van der Waals surface area contributed by atoms with Gasteiger partial charge in [-0.2, -0.15) is 0 Å². The van der Waals surface area contributed by atoms with E-state index in [0.717, 1.165) is 12.8 Å². The number of aliphatic hydroxyl groups is 1. The van der Waals surface area contributed by atoms with Crippen molar-refractivity contribution in [2.45, 2.75) is 51.3 Å². The van der Waals surface area contributed by atoms with E-state index in [9.17, 15) is 4.79 Å². The Morgan fingerprint density at radius 2 is 2.24 bits per heavy atom. The van der Waals surface area contributed by atoms with Crippen molar-refractivity contribution in [3.8, 4) is 0 Å². The summed E-state index contributed by atoms with van der Waals surface area (Å²) in [5.41, 5.74) is 0.593. The molecule has 1 aromatic rings. The van der Waals surface area contributed by atoms with Gasteiger partial charge < -0.3 is 15.0 Å². The van der Waals surface area contributed by atoms with E-state index in [1.807, 2.05) is 0 Å². The highest BCUT2D eigenvalue weighted by molar-refractivity contribution is 5.76. The lowest BCUT2D eigenvalue weighted by atomic mass is 9.95. The van der Waals surface area contributed by atoms with Crippen molar-refractivity contribution >= 4 is 5.91 Å². The summed E-state index contributed by atoms with van der Waals surface area (Å²) in [6.07, 6.45) is 9.17. The molecule has 0 aromatic carbocycles. The standard InChI is InChI=1S/C12H19N3O2/c16-8-11-6-15(9-13-11)7-12(17)14-10-4-2-1-3-5-10/h6,9-10,16H,1-5,7-8H2,(H,14,17). The first kappa shape index (κ1) is 12.1. The molecular weight excluding hydrogens is 218 g/mol. The molecule has 0 atom stereocenters. The fraction of sp³-hybridized carbons (Fsp3) is 0.667. The van der Waals surface area contributed by atoms with Crippen LogP contribution in [0, 0.1) is 0 Å². The molecule has 5 nitrogen and oxygen atoms in total. The second-order valence-corrected chi connectivity index (χ2v) is 4.60. The minimum atomic E-state index is -0.0861. The van der Waals surface area contributed by atoms with Gasteiger partial charge in [0.1, 0.15) is 6.54 Å². The fourth-order valence-corrected chi connectivity index (χ4v) is 2.26. The molecule has 0 bridgehead atoms. The number of nitrogens with zero attached hydrogens (tertiary/aromatic N) is 2. The lowest BCUT2D eigenvalue weighted by Crippen LogP contribution is -2.38. The van der Waals surface area contributed by atoms with Crippen LogP contribution in [0.1, 0.15) is 37.8 Å². The number of carbonyl (C=O) groups is 1. The Labute approximate surface area is 101 Å². The van der Waals surface area contributed by atoms with Crippen molar-refractivity contribution < 1.29 is 9.90 Å². The Bertz CT molecular complexity index is 370. The number of rotatable bonds is 4. The zero-order chi connectivity index (χ0) is 12.1. The van der Waals surface area contributed by atoms with Crippen LogP contribution in [0.15, 0.2) is 12.5 Å². The molecule has 17 heavy (non-hydrogen) atoms. The predicted octanol–water partition coefficient (Wildman–Crippen LogP) is 0.824. The van der Waals surface area contributed by atoms with Crippen LogP contribution in [0.2, 0.25) is 0 Å². The van der Waals surface area contributed by atoms with Crippen LogP contribution in [0.4, 0.5) is 0 Å². The first-order valence-corrected chi connectivity index (χ1v) is 6.19. The monoisotopic (exact) mass is 237 g/mol. The van der Waals surface area contributed by atoms with Crippen LogP contribution >= 0.6 is 0 Å². The molecule has 1 saturated carbocycles. The summed E-state index contributed by atoms with van der Waals surface area (Å²) in [5.74, 6) is 0.0267. The zero-order valence-electron chi connectivity index (χ0n) is 9.93. The molecule has 5 heteroatoms. The lowest BCUT2D eigenvalue weighted by Gasteiger charge is -2.22. The number of imidazole rings is 1. The Morgan fingerprint density at radius 3 is 2.88 bits per heavy atom. The van der Waals surface area contributed by atoms with Gasteiger partial charge in [-0.15, -0.1) is 0 Å². The first-order chi connectivity index (χ1) is 8.28. The van der Waals surface area contributed by atoms with Crippen LogP contribution in [0.3, 0.4) is 0 Å². The van der Waals surface area contributed by atoms with E-state index < -0.39 is 0 Å². The van der Waals surface area contributed by atoms with Gasteiger partial charge in [-0.3, -0.25) is 4.79 Å². The molecule has 1 fully saturated rings. The highest BCUT2D eigenvalue weighted by Gasteiger charge is 2.15. The molecule has 0 saturated heterocycles. The quantitative estimate of drug-likeness (QED) is 0.815. The SMILES string of the molecule is O=C(Cn1cnc(CO)c1)NC1CCCCC1. The van der Waals surface area contributed by atoms with Crippen molar-refractivity contribution in [3.63, 3.8) is 0 Å². The molecule has 94 valence electrons. The molecule has 1 aliphatic carbocycles. The van der Waals surface area contributed by atoms with Gasteiger partial charge in [0.25, 0.3) is 0 Å². The van der Waals surface area contributed by atoms with Gasteiger partial charge in [-0.05, 0) is 12.8 Å². The molecular formula is C12H19N3O2. The van der Waals surface area contributed by atoms with E-state index in [-0.39, 0.29) is 19.1 Å². The predicted molar refractivity (Wildman–Crippen MR) is 63.2 cm³/mol. The van der Waals surface area contributed by atoms with Gasteiger partial charge >= 0.3 is 0 Å². The van der Waals surface area contributed by atoms with E-state index in [0.29, 0.717) is 11.7 Å². The number of nitrogens with one attached hydrogen (secondary N) is 1. The second-order valence-electron chi connectivity index (χ2n) is 4.60. The number of hydrogen-bond donors (Lipinski definition) is 2. The third-order valence-corrected chi connectivity index (χ3v) is 3.15. The van der Waals surface area contributed by atoms with Crippen LogP contribution in [0.25, 0.3) is 0 Å². The lowest BCUT2D eigenvalue weighted by molar-refractivity contribution is -0.122. The molecule has 0 spiro atoms. The maximum absolute atomic E-state index is 11.8. The average molecular weight is 237 g/mol. The van der Waals surface area contributed by atoms with Crippen molar-refractivity contribution in [2.24, 2.45) is 0 Å². The van der Waals surface area contributed by atoms with E-state index >= 15 is 0 Å². The molecule has 1 amide bonds. The van der Waals surface area contributed by atoms with Gasteiger partial charge in [0.05, 0.1) is 18.6 Å². The summed E-state index contributed by atoms with van der Waals surface area (Å²) < 4.78 is 1.70. The van der Waals surface area contributed by atoms with E-state index in [4.69, 9.17) is 5.11 Å². The summed E-state index contributed by atoms with van der Waals surface area (Å²) in [6, 6.07) is 0.345. The smallest absolute Gasteiger partial charge is 0.240 e. The number of hydrogen-bond acceptors (Lipinski definition) is 3. The molecule has 0 unspecified atom stereocenters. The minimum absolute atomic E-state index is 0.0267. The molecule has 0 aliphatic heterocycles. The topological polar surface area (TPSA) is 67.2 Å².